The van der Waals surface area contributed by atoms with Gasteiger partial charge in [-0.25, -0.2) is 0 Å². The van der Waals surface area contributed by atoms with Crippen molar-refractivity contribution in [1.82, 2.24) is 0 Å². The fourth-order valence-corrected chi connectivity index (χ4v) is 1.35. The Balaban J connectivity index is 4.45. The lowest BCUT2D eigenvalue weighted by atomic mass is 9.85. The Morgan fingerprint density at radius 3 is 2.39 bits per heavy atom. The molecule has 0 rings (SSSR count). The van der Waals surface area contributed by atoms with E-state index in [4.69, 9.17) is 4.74 Å². The Morgan fingerprint density at radius 1 is 1.28 bits per heavy atom. The maximum Gasteiger partial charge on any atom is 0.327 e. The maximum atomic E-state index is 11.9. The summed E-state index contributed by atoms with van der Waals surface area (Å²) in [5, 5.41) is 0. The van der Waals surface area contributed by atoms with Gasteiger partial charge in [0.1, 0.15) is 0 Å². The molecule has 0 saturated heterocycles. The van der Waals surface area contributed by atoms with Crippen molar-refractivity contribution < 1.29 is 28.6 Å². The Kier molecular flexibility index (Phi) is 7.42. The lowest BCUT2D eigenvalue weighted by Gasteiger charge is -2.23. The van der Waals surface area contributed by atoms with Gasteiger partial charge in [0.2, 0.25) is 0 Å². The topological polar surface area (TPSA) is 78.9 Å². The lowest BCUT2D eigenvalue weighted by molar-refractivity contribution is -0.167. The molecule has 6 nitrogen and oxygen atoms in total. The Hall–Kier alpha value is -1.85. The zero-order valence-electron chi connectivity index (χ0n) is 10.6. The monoisotopic (exact) mass is 258 g/mol. The first-order chi connectivity index (χ1) is 8.58. The first kappa shape index (κ1) is 16.1. The number of ether oxygens (including phenoxy) is 3. The fourth-order valence-electron chi connectivity index (χ4n) is 1.35. The third kappa shape index (κ3) is 3.87. The van der Waals surface area contributed by atoms with E-state index < -0.39 is 17.4 Å². The second-order valence-corrected chi connectivity index (χ2v) is 3.48. The summed E-state index contributed by atoms with van der Waals surface area (Å²) in [4.78, 5) is 33.3. The van der Waals surface area contributed by atoms with E-state index in [9.17, 15) is 14.4 Å². The van der Waals surface area contributed by atoms with Crippen LogP contribution in [0.25, 0.3) is 0 Å². The zero-order valence-corrected chi connectivity index (χ0v) is 10.6. The smallest absolute Gasteiger partial charge is 0.327 e. The molecule has 0 aliphatic heterocycles. The SMILES string of the molecule is C=CC(CC)(C(=O)OC)C(=O)OCCCOC=O. The molecule has 0 saturated carbocycles. The summed E-state index contributed by atoms with van der Waals surface area (Å²) >= 11 is 0. The first-order valence-electron chi connectivity index (χ1n) is 5.53. The molecule has 0 aliphatic rings. The second kappa shape index (κ2) is 8.27. The van der Waals surface area contributed by atoms with E-state index in [1.165, 1.54) is 13.2 Å². The molecule has 18 heavy (non-hydrogen) atoms. The zero-order chi connectivity index (χ0) is 14.0. The molecule has 0 aromatic carbocycles. The van der Waals surface area contributed by atoms with E-state index in [-0.39, 0.29) is 19.6 Å². The van der Waals surface area contributed by atoms with Crippen LogP contribution in [-0.2, 0) is 28.6 Å². The molecular formula is C12H18O6. The third-order valence-corrected chi connectivity index (χ3v) is 2.53. The summed E-state index contributed by atoms with van der Waals surface area (Å²) in [6, 6.07) is 0. The van der Waals surface area contributed by atoms with Crippen molar-refractivity contribution in [1.29, 1.82) is 0 Å². The number of methoxy groups -OCH3 is 1. The van der Waals surface area contributed by atoms with Gasteiger partial charge in [0.05, 0.1) is 20.3 Å². The van der Waals surface area contributed by atoms with Crippen molar-refractivity contribution in [2.45, 2.75) is 19.8 Å². The standard InChI is InChI=1S/C12H18O6/c1-4-12(5-2,10(14)16-3)11(15)18-8-6-7-17-9-13/h4,9H,1,5-8H2,2-3H3. The van der Waals surface area contributed by atoms with Crippen molar-refractivity contribution in [3.63, 3.8) is 0 Å². The minimum atomic E-state index is -1.47. The molecule has 102 valence electrons. The van der Waals surface area contributed by atoms with Crippen LogP contribution in [0.15, 0.2) is 12.7 Å². The highest BCUT2D eigenvalue weighted by molar-refractivity contribution is 6.02. The van der Waals surface area contributed by atoms with Crippen molar-refractivity contribution >= 4 is 18.4 Å². The fraction of sp³-hybridized carbons (Fsp3) is 0.583. The minimum Gasteiger partial charge on any atom is -0.468 e. The first-order valence-corrected chi connectivity index (χ1v) is 5.53. The van der Waals surface area contributed by atoms with Crippen LogP contribution < -0.4 is 0 Å². The summed E-state index contributed by atoms with van der Waals surface area (Å²) in [7, 11) is 1.20. The quantitative estimate of drug-likeness (QED) is 0.152. The average Bonchev–Trinajstić information content (AvgIpc) is 2.40. The summed E-state index contributed by atoms with van der Waals surface area (Å²) in [5.74, 6) is -1.41. The van der Waals surface area contributed by atoms with Crippen LogP contribution in [-0.4, -0.2) is 38.7 Å². The number of rotatable bonds is 9. The van der Waals surface area contributed by atoms with Gasteiger partial charge in [-0.1, -0.05) is 13.0 Å². The van der Waals surface area contributed by atoms with Gasteiger partial charge in [-0.2, -0.15) is 0 Å². The van der Waals surface area contributed by atoms with Crippen LogP contribution in [0.1, 0.15) is 19.8 Å². The van der Waals surface area contributed by atoms with Crippen molar-refractivity contribution in [3.8, 4) is 0 Å². The van der Waals surface area contributed by atoms with E-state index in [1.807, 2.05) is 0 Å². The van der Waals surface area contributed by atoms with Crippen LogP contribution in [0.2, 0.25) is 0 Å². The molecule has 1 atom stereocenters. The van der Waals surface area contributed by atoms with E-state index in [0.717, 1.165) is 0 Å². The summed E-state index contributed by atoms with van der Waals surface area (Å²) in [6.45, 7) is 5.67. The molecule has 0 aromatic heterocycles. The van der Waals surface area contributed by atoms with E-state index >= 15 is 0 Å². The van der Waals surface area contributed by atoms with E-state index in [0.29, 0.717) is 12.9 Å². The molecule has 0 aliphatic carbocycles. The third-order valence-electron chi connectivity index (χ3n) is 2.53. The van der Waals surface area contributed by atoms with E-state index in [2.05, 4.69) is 16.1 Å². The van der Waals surface area contributed by atoms with Crippen LogP contribution in [0.5, 0.6) is 0 Å². The lowest BCUT2D eigenvalue weighted by Crippen LogP contribution is -2.39. The molecule has 6 heteroatoms. The van der Waals surface area contributed by atoms with Crippen LogP contribution in [0, 0.1) is 5.41 Å². The largest absolute Gasteiger partial charge is 0.468 e. The number of hydrogen-bond acceptors (Lipinski definition) is 6. The molecule has 0 spiro atoms. The Labute approximate surface area is 106 Å². The highest BCUT2D eigenvalue weighted by Crippen LogP contribution is 2.27. The molecule has 0 N–H and O–H groups in total. The van der Waals surface area contributed by atoms with Crippen molar-refractivity contribution in [2.24, 2.45) is 5.41 Å². The molecule has 0 fully saturated rings. The highest BCUT2D eigenvalue weighted by Gasteiger charge is 2.44. The normalized spacial score (nSPS) is 13.0. The van der Waals surface area contributed by atoms with Gasteiger partial charge < -0.3 is 14.2 Å². The van der Waals surface area contributed by atoms with Crippen molar-refractivity contribution in [2.75, 3.05) is 20.3 Å². The maximum absolute atomic E-state index is 11.9. The van der Waals surface area contributed by atoms with Gasteiger partial charge in [-0.3, -0.25) is 14.4 Å². The van der Waals surface area contributed by atoms with E-state index in [1.54, 1.807) is 6.92 Å². The van der Waals surface area contributed by atoms with Crippen LogP contribution in [0.4, 0.5) is 0 Å². The second-order valence-electron chi connectivity index (χ2n) is 3.48. The van der Waals surface area contributed by atoms with Gasteiger partial charge in [-0.15, -0.1) is 6.58 Å². The van der Waals surface area contributed by atoms with Gasteiger partial charge in [-0.05, 0) is 6.42 Å². The average molecular weight is 258 g/mol. The number of carbonyl (C=O) groups excluding carboxylic acids is 3. The highest BCUT2D eigenvalue weighted by atomic mass is 16.6. The van der Waals surface area contributed by atoms with Gasteiger partial charge >= 0.3 is 11.9 Å². The molecule has 0 bridgehead atoms. The molecule has 0 amide bonds. The Morgan fingerprint density at radius 2 is 1.94 bits per heavy atom. The van der Waals surface area contributed by atoms with Gasteiger partial charge in [0, 0.05) is 6.42 Å². The molecule has 0 radical (unpaired) electrons. The van der Waals surface area contributed by atoms with Crippen molar-refractivity contribution in [3.05, 3.63) is 12.7 Å². The predicted octanol–water partition coefficient (Wildman–Crippen LogP) is 0.848. The van der Waals surface area contributed by atoms with Gasteiger partial charge in [0.25, 0.3) is 6.47 Å². The number of esters is 2. The molecule has 0 aromatic rings. The summed E-state index contributed by atoms with van der Waals surface area (Å²) in [5.41, 5.74) is -1.47. The predicted molar refractivity (Wildman–Crippen MR) is 62.5 cm³/mol. The molecule has 1 unspecified atom stereocenters. The minimum absolute atomic E-state index is 0.0548. The number of carbonyl (C=O) groups is 3. The Bertz CT molecular complexity index is 312. The molecule has 0 heterocycles. The van der Waals surface area contributed by atoms with Crippen LogP contribution >= 0.6 is 0 Å². The van der Waals surface area contributed by atoms with Crippen LogP contribution in [0.3, 0.4) is 0 Å². The van der Waals surface area contributed by atoms with Gasteiger partial charge in [0.15, 0.2) is 5.41 Å². The number of hydrogen-bond donors (Lipinski definition) is 0. The summed E-state index contributed by atoms with van der Waals surface area (Å²) in [6.07, 6.45) is 1.79. The summed E-state index contributed by atoms with van der Waals surface area (Å²) < 4.78 is 14.0. The molecular weight excluding hydrogens is 240 g/mol.